The molecule has 0 aliphatic heterocycles. The highest BCUT2D eigenvalue weighted by Gasteiger charge is 2.06. The summed E-state index contributed by atoms with van der Waals surface area (Å²) in [6, 6.07) is 7.07. The zero-order chi connectivity index (χ0) is 14.9. The summed E-state index contributed by atoms with van der Waals surface area (Å²) in [5.41, 5.74) is 1.63. The van der Waals surface area contributed by atoms with Crippen LogP contribution >= 0.6 is 0 Å². The summed E-state index contributed by atoms with van der Waals surface area (Å²) < 4.78 is 5.45. The number of nitrogens with one attached hydrogen (secondary N) is 2. The molecule has 6 nitrogen and oxygen atoms in total. The molecule has 0 unspecified atom stereocenters. The van der Waals surface area contributed by atoms with E-state index in [-0.39, 0.29) is 6.03 Å². The first kappa shape index (κ1) is 14.8. The smallest absolute Gasteiger partial charge is 0.319 e. The number of hydrogen-bond acceptors (Lipinski definition) is 4. The van der Waals surface area contributed by atoms with Crippen molar-refractivity contribution < 1.29 is 9.53 Å². The third-order valence-electron chi connectivity index (χ3n) is 2.75. The molecular formula is C15H18N4O2. The van der Waals surface area contributed by atoms with Crippen LogP contribution in [0.25, 0.3) is 0 Å². The van der Waals surface area contributed by atoms with Crippen molar-refractivity contribution in [3.63, 3.8) is 0 Å². The normalized spacial score (nSPS) is 9.95. The van der Waals surface area contributed by atoms with Crippen molar-refractivity contribution in [3.05, 3.63) is 48.5 Å². The third kappa shape index (κ3) is 4.76. The van der Waals surface area contributed by atoms with E-state index in [1.807, 2.05) is 25.1 Å². The molecule has 0 fully saturated rings. The van der Waals surface area contributed by atoms with Gasteiger partial charge in [-0.2, -0.15) is 0 Å². The fourth-order valence-corrected chi connectivity index (χ4v) is 1.80. The van der Waals surface area contributed by atoms with Gasteiger partial charge in [-0.05, 0) is 31.0 Å². The summed E-state index contributed by atoms with van der Waals surface area (Å²) in [5, 5.41) is 5.56. The summed E-state index contributed by atoms with van der Waals surface area (Å²) in [4.78, 5) is 19.7. The van der Waals surface area contributed by atoms with Gasteiger partial charge in [-0.1, -0.05) is 12.1 Å². The molecule has 1 aromatic heterocycles. The molecule has 0 atom stereocenters. The lowest BCUT2D eigenvalue weighted by molar-refractivity contribution is 0.252. The molecule has 0 saturated carbocycles. The van der Waals surface area contributed by atoms with Gasteiger partial charge in [0.05, 0.1) is 12.3 Å². The lowest BCUT2D eigenvalue weighted by Gasteiger charge is -2.12. The molecule has 2 rings (SSSR count). The van der Waals surface area contributed by atoms with E-state index < -0.39 is 0 Å². The largest absolute Gasteiger partial charge is 0.492 e. The van der Waals surface area contributed by atoms with Crippen molar-refractivity contribution in [2.45, 2.75) is 13.3 Å². The second kappa shape index (κ2) is 7.84. The molecule has 6 heteroatoms. The molecule has 21 heavy (non-hydrogen) atoms. The number of nitrogens with zero attached hydrogens (tertiary/aromatic N) is 2. The number of ether oxygens (including phenoxy) is 1. The van der Waals surface area contributed by atoms with Crippen LogP contribution in [0.1, 0.15) is 12.5 Å². The number of carbonyl (C=O) groups excluding carboxylic acids is 1. The number of urea groups is 1. The standard InChI is InChI=1S/C15H18N4O2/c1-2-21-14-6-4-3-5-13(14)19-15(20)18-8-7-12-9-16-11-17-10-12/h3-6,9-11H,2,7-8H2,1H3,(H2,18,19,20). The first-order valence-corrected chi connectivity index (χ1v) is 6.80. The van der Waals surface area contributed by atoms with Crippen LogP contribution in [-0.4, -0.2) is 29.2 Å². The van der Waals surface area contributed by atoms with Crippen LogP contribution in [0, 0.1) is 0 Å². The first-order chi connectivity index (χ1) is 10.3. The Hall–Kier alpha value is -2.63. The van der Waals surface area contributed by atoms with E-state index in [1.165, 1.54) is 6.33 Å². The number of carbonyl (C=O) groups is 1. The van der Waals surface area contributed by atoms with Crippen LogP contribution < -0.4 is 15.4 Å². The Balaban J connectivity index is 1.82. The van der Waals surface area contributed by atoms with Crippen LogP contribution in [0.3, 0.4) is 0 Å². The molecule has 1 heterocycles. The summed E-state index contributed by atoms with van der Waals surface area (Å²) >= 11 is 0. The van der Waals surface area contributed by atoms with Gasteiger partial charge in [0, 0.05) is 18.9 Å². The van der Waals surface area contributed by atoms with Crippen LogP contribution in [0.2, 0.25) is 0 Å². The van der Waals surface area contributed by atoms with E-state index in [2.05, 4.69) is 20.6 Å². The zero-order valence-corrected chi connectivity index (χ0v) is 11.9. The molecule has 2 aromatic rings. The molecule has 0 aliphatic carbocycles. The minimum Gasteiger partial charge on any atom is -0.492 e. The van der Waals surface area contributed by atoms with Gasteiger partial charge in [0.25, 0.3) is 0 Å². The lowest BCUT2D eigenvalue weighted by atomic mass is 10.2. The number of aromatic nitrogens is 2. The van der Waals surface area contributed by atoms with Crippen molar-refractivity contribution in [2.24, 2.45) is 0 Å². The monoisotopic (exact) mass is 286 g/mol. The second-order valence-electron chi connectivity index (χ2n) is 4.31. The number of benzene rings is 1. The minimum absolute atomic E-state index is 0.265. The summed E-state index contributed by atoms with van der Waals surface area (Å²) in [5.74, 6) is 0.659. The van der Waals surface area contributed by atoms with Gasteiger partial charge in [0.15, 0.2) is 0 Å². The highest BCUT2D eigenvalue weighted by atomic mass is 16.5. The molecule has 2 amide bonds. The fraction of sp³-hybridized carbons (Fsp3) is 0.267. The van der Waals surface area contributed by atoms with E-state index in [1.54, 1.807) is 18.5 Å². The molecule has 2 N–H and O–H groups in total. The van der Waals surface area contributed by atoms with Crippen LogP contribution in [-0.2, 0) is 6.42 Å². The van der Waals surface area contributed by atoms with Crippen LogP contribution in [0.15, 0.2) is 43.0 Å². The zero-order valence-electron chi connectivity index (χ0n) is 11.9. The van der Waals surface area contributed by atoms with Gasteiger partial charge in [0.1, 0.15) is 12.1 Å². The molecule has 1 aromatic carbocycles. The van der Waals surface area contributed by atoms with E-state index in [9.17, 15) is 4.79 Å². The summed E-state index contributed by atoms with van der Waals surface area (Å²) in [6.45, 7) is 2.96. The quantitative estimate of drug-likeness (QED) is 0.854. The van der Waals surface area contributed by atoms with Gasteiger partial charge in [0.2, 0.25) is 0 Å². The predicted octanol–water partition coefficient (Wildman–Crippen LogP) is 2.24. The molecule has 0 aliphatic rings. The van der Waals surface area contributed by atoms with E-state index in [0.29, 0.717) is 31.0 Å². The molecule has 0 spiro atoms. The molecule has 110 valence electrons. The van der Waals surface area contributed by atoms with Gasteiger partial charge in [-0.15, -0.1) is 0 Å². The lowest BCUT2D eigenvalue weighted by Crippen LogP contribution is -2.30. The van der Waals surface area contributed by atoms with E-state index in [4.69, 9.17) is 4.74 Å². The maximum Gasteiger partial charge on any atom is 0.319 e. The maximum absolute atomic E-state index is 11.9. The Morgan fingerprint density at radius 2 is 2.00 bits per heavy atom. The van der Waals surface area contributed by atoms with Crippen molar-refractivity contribution in [3.8, 4) is 5.75 Å². The summed E-state index contributed by atoms with van der Waals surface area (Å²) in [6.07, 6.45) is 5.63. The first-order valence-electron chi connectivity index (χ1n) is 6.80. The highest BCUT2D eigenvalue weighted by molar-refractivity contribution is 5.90. The van der Waals surface area contributed by atoms with Crippen molar-refractivity contribution >= 4 is 11.7 Å². The number of amides is 2. The number of rotatable bonds is 6. The average molecular weight is 286 g/mol. The minimum atomic E-state index is -0.265. The van der Waals surface area contributed by atoms with Crippen LogP contribution in [0.5, 0.6) is 5.75 Å². The molecule has 0 bridgehead atoms. The number of hydrogen-bond donors (Lipinski definition) is 2. The highest BCUT2D eigenvalue weighted by Crippen LogP contribution is 2.23. The Labute approximate surface area is 123 Å². The SMILES string of the molecule is CCOc1ccccc1NC(=O)NCCc1cncnc1. The Morgan fingerprint density at radius 3 is 2.76 bits per heavy atom. The predicted molar refractivity (Wildman–Crippen MR) is 80.4 cm³/mol. The van der Waals surface area contributed by atoms with Gasteiger partial charge >= 0.3 is 6.03 Å². The fourth-order valence-electron chi connectivity index (χ4n) is 1.80. The number of anilines is 1. The maximum atomic E-state index is 11.9. The third-order valence-corrected chi connectivity index (χ3v) is 2.75. The van der Waals surface area contributed by atoms with E-state index >= 15 is 0 Å². The number of para-hydroxylation sites is 2. The van der Waals surface area contributed by atoms with Crippen molar-refractivity contribution in [1.82, 2.24) is 15.3 Å². The molecular weight excluding hydrogens is 268 g/mol. The average Bonchev–Trinajstić information content (AvgIpc) is 2.50. The van der Waals surface area contributed by atoms with Gasteiger partial charge in [-0.25, -0.2) is 14.8 Å². The summed E-state index contributed by atoms with van der Waals surface area (Å²) in [7, 11) is 0. The Bertz CT molecular complexity index is 575. The Morgan fingerprint density at radius 1 is 1.24 bits per heavy atom. The van der Waals surface area contributed by atoms with E-state index in [0.717, 1.165) is 5.56 Å². The van der Waals surface area contributed by atoms with Crippen molar-refractivity contribution in [2.75, 3.05) is 18.5 Å². The van der Waals surface area contributed by atoms with Gasteiger partial charge < -0.3 is 15.4 Å². The molecule has 0 saturated heterocycles. The second-order valence-corrected chi connectivity index (χ2v) is 4.31. The topological polar surface area (TPSA) is 76.1 Å². The van der Waals surface area contributed by atoms with Crippen molar-refractivity contribution in [1.29, 1.82) is 0 Å². The Kier molecular flexibility index (Phi) is 5.51. The van der Waals surface area contributed by atoms with Crippen LogP contribution in [0.4, 0.5) is 10.5 Å². The van der Waals surface area contributed by atoms with Gasteiger partial charge in [-0.3, -0.25) is 0 Å². The molecule has 0 radical (unpaired) electrons.